The molecule has 1 amide bonds. The summed E-state index contributed by atoms with van der Waals surface area (Å²) in [6.45, 7) is 6.34. The number of hydrogen-bond donors (Lipinski definition) is 0. The first kappa shape index (κ1) is 13.1. The van der Waals surface area contributed by atoms with Gasteiger partial charge in [-0.1, -0.05) is 6.58 Å². The zero-order chi connectivity index (χ0) is 11.8. The largest absolute Gasteiger partial charge is 0.448 e. The Hall–Kier alpha value is -1.01. The summed E-state index contributed by atoms with van der Waals surface area (Å²) in [4.78, 5) is 16.6. The van der Waals surface area contributed by atoms with E-state index in [2.05, 4.69) is 6.58 Å². The Morgan fingerprint density at radius 1 is 1.69 bits per heavy atom. The fourth-order valence-electron chi connectivity index (χ4n) is 1.58. The topological polar surface area (TPSA) is 48.0 Å². The van der Waals surface area contributed by atoms with Crippen LogP contribution in [-0.4, -0.2) is 39.4 Å². The number of amides is 1. The Balaban J connectivity index is 2.42. The Kier molecular flexibility index (Phi) is 5.95. The maximum Gasteiger partial charge on any atom is 0.433 e. The van der Waals surface area contributed by atoms with Gasteiger partial charge in [-0.2, -0.15) is 4.73 Å². The van der Waals surface area contributed by atoms with Crippen LogP contribution in [0.1, 0.15) is 26.2 Å². The highest BCUT2D eigenvalue weighted by atomic mass is 28.2. The van der Waals surface area contributed by atoms with E-state index in [0.717, 1.165) is 25.9 Å². The van der Waals surface area contributed by atoms with Gasteiger partial charge in [0.05, 0.1) is 12.3 Å². The summed E-state index contributed by atoms with van der Waals surface area (Å²) in [5, 5.41) is 0. The first-order valence-corrected chi connectivity index (χ1v) is 7.06. The van der Waals surface area contributed by atoms with E-state index in [9.17, 15) is 4.79 Å². The summed E-state index contributed by atoms with van der Waals surface area (Å²) in [5.74, 6) is 0. The molecular formula is C10H19NO4Si. The molecule has 1 heterocycles. The SMILES string of the molecule is C=CON([SiH2]C1CCCCO1)C(=O)OCC. The van der Waals surface area contributed by atoms with E-state index < -0.39 is 15.8 Å². The van der Waals surface area contributed by atoms with Crippen molar-refractivity contribution < 1.29 is 19.1 Å². The average Bonchev–Trinajstić information content (AvgIpc) is 2.30. The molecule has 1 aliphatic heterocycles. The van der Waals surface area contributed by atoms with Gasteiger partial charge in [0.1, 0.15) is 6.26 Å². The summed E-state index contributed by atoms with van der Waals surface area (Å²) in [7, 11) is -0.956. The summed E-state index contributed by atoms with van der Waals surface area (Å²) in [6.07, 6.45) is 4.06. The Bertz CT molecular complexity index is 231. The lowest BCUT2D eigenvalue weighted by atomic mass is 10.2. The third-order valence-corrected chi connectivity index (χ3v) is 4.11. The van der Waals surface area contributed by atoms with E-state index in [1.807, 2.05) is 0 Å². The van der Waals surface area contributed by atoms with Crippen molar-refractivity contribution >= 4 is 15.8 Å². The van der Waals surface area contributed by atoms with Gasteiger partial charge in [0, 0.05) is 6.61 Å². The number of hydrogen-bond acceptors (Lipinski definition) is 4. The first-order chi connectivity index (χ1) is 7.77. The van der Waals surface area contributed by atoms with Gasteiger partial charge in [0.15, 0.2) is 0 Å². The lowest BCUT2D eigenvalue weighted by Gasteiger charge is -2.27. The zero-order valence-electron chi connectivity index (χ0n) is 9.68. The zero-order valence-corrected chi connectivity index (χ0v) is 11.1. The van der Waals surface area contributed by atoms with Gasteiger partial charge in [-0.3, -0.25) is 0 Å². The highest BCUT2D eigenvalue weighted by molar-refractivity contribution is 6.37. The molecule has 6 heteroatoms. The second-order valence-corrected chi connectivity index (χ2v) is 5.37. The van der Waals surface area contributed by atoms with Gasteiger partial charge in [-0.15, -0.1) is 0 Å². The minimum atomic E-state index is -0.956. The maximum atomic E-state index is 11.5. The number of nitrogens with zero attached hydrogens (tertiary/aromatic N) is 1. The fourth-order valence-corrected chi connectivity index (χ4v) is 3.13. The smallest absolute Gasteiger partial charge is 0.433 e. The highest BCUT2D eigenvalue weighted by Crippen LogP contribution is 2.13. The minimum absolute atomic E-state index is 0.165. The first-order valence-electron chi connectivity index (χ1n) is 5.61. The fraction of sp³-hybridized carbons (Fsp3) is 0.700. The van der Waals surface area contributed by atoms with Gasteiger partial charge in [-0.25, -0.2) is 4.79 Å². The molecule has 0 saturated carbocycles. The molecule has 0 radical (unpaired) electrons. The lowest BCUT2D eigenvalue weighted by molar-refractivity contribution is -0.0282. The lowest BCUT2D eigenvalue weighted by Crippen LogP contribution is -2.42. The van der Waals surface area contributed by atoms with Crippen molar-refractivity contribution in [1.29, 1.82) is 0 Å². The van der Waals surface area contributed by atoms with Crippen LogP contribution in [-0.2, 0) is 14.3 Å². The molecule has 0 N–H and O–H groups in total. The van der Waals surface area contributed by atoms with Gasteiger partial charge >= 0.3 is 6.09 Å². The van der Waals surface area contributed by atoms with Gasteiger partial charge < -0.3 is 14.3 Å². The van der Waals surface area contributed by atoms with Crippen molar-refractivity contribution in [3.05, 3.63) is 12.8 Å². The van der Waals surface area contributed by atoms with Crippen LogP contribution in [0.2, 0.25) is 0 Å². The third-order valence-electron chi connectivity index (χ3n) is 2.32. The molecule has 0 aromatic rings. The molecule has 92 valence electrons. The van der Waals surface area contributed by atoms with Crippen molar-refractivity contribution in [2.75, 3.05) is 13.2 Å². The van der Waals surface area contributed by atoms with Crippen LogP contribution in [0.15, 0.2) is 12.8 Å². The molecule has 1 atom stereocenters. The predicted molar refractivity (Wildman–Crippen MR) is 62.3 cm³/mol. The summed E-state index contributed by atoms with van der Waals surface area (Å²) < 4.78 is 11.8. The number of ether oxygens (including phenoxy) is 2. The molecule has 0 spiro atoms. The van der Waals surface area contributed by atoms with Crippen LogP contribution in [0.5, 0.6) is 0 Å². The van der Waals surface area contributed by atoms with Crippen LogP contribution < -0.4 is 0 Å². The van der Waals surface area contributed by atoms with E-state index in [4.69, 9.17) is 14.3 Å². The van der Waals surface area contributed by atoms with Crippen molar-refractivity contribution in [2.24, 2.45) is 0 Å². The molecule has 0 aliphatic carbocycles. The van der Waals surface area contributed by atoms with Crippen molar-refractivity contribution in [1.82, 2.24) is 4.73 Å². The molecule has 16 heavy (non-hydrogen) atoms. The van der Waals surface area contributed by atoms with Crippen molar-refractivity contribution in [3.8, 4) is 0 Å². The van der Waals surface area contributed by atoms with Crippen molar-refractivity contribution in [2.45, 2.75) is 31.9 Å². The molecule has 1 rings (SSSR count). The van der Waals surface area contributed by atoms with Gasteiger partial charge in [-0.05, 0) is 26.2 Å². The number of rotatable bonds is 5. The van der Waals surface area contributed by atoms with Crippen LogP contribution >= 0.6 is 0 Å². The molecule has 0 aromatic carbocycles. The van der Waals surface area contributed by atoms with Gasteiger partial charge in [0.25, 0.3) is 0 Å². The second-order valence-electron chi connectivity index (χ2n) is 3.52. The van der Waals surface area contributed by atoms with Crippen molar-refractivity contribution in [3.63, 3.8) is 0 Å². The van der Waals surface area contributed by atoms with E-state index >= 15 is 0 Å². The molecule has 1 unspecified atom stereocenters. The van der Waals surface area contributed by atoms with Crippen LogP contribution in [0.3, 0.4) is 0 Å². The summed E-state index contributed by atoms with van der Waals surface area (Å²) in [5.41, 5.74) is 0.165. The third kappa shape index (κ3) is 4.24. The van der Waals surface area contributed by atoms with Crippen LogP contribution in [0.25, 0.3) is 0 Å². The molecule has 1 fully saturated rings. The molecule has 0 bridgehead atoms. The van der Waals surface area contributed by atoms with E-state index in [-0.39, 0.29) is 5.73 Å². The van der Waals surface area contributed by atoms with E-state index in [1.165, 1.54) is 11.0 Å². The Labute approximate surface area is 98.2 Å². The Morgan fingerprint density at radius 2 is 2.50 bits per heavy atom. The number of hydroxylamine groups is 1. The standard InChI is InChI=1S/C10H19NO4Si/c1-3-13-10(12)11(15-4-2)16-9-7-5-6-8-14-9/h4,9H,2-3,5-8,16H2,1H3. The van der Waals surface area contributed by atoms with Gasteiger partial charge in [0.2, 0.25) is 9.68 Å². The predicted octanol–water partition coefficient (Wildman–Crippen LogP) is 1.13. The highest BCUT2D eigenvalue weighted by Gasteiger charge is 2.23. The second kappa shape index (κ2) is 7.29. The number of carbonyl (C=O) groups excluding carboxylic acids is 1. The molecule has 1 aliphatic rings. The number of carbonyl (C=O) groups is 1. The van der Waals surface area contributed by atoms with Crippen LogP contribution in [0.4, 0.5) is 4.79 Å². The Morgan fingerprint density at radius 3 is 3.06 bits per heavy atom. The summed E-state index contributed by atoms with van der Waals surface area (Å²) >= 11 is 0. The van der Waals surface area contributed by atoms with E-state index in [1.54, 1.807) is 6.92 Å². The molecule has 1 saturated heterocycles. The van der Waals surface area contributed by atoms with Crippen LogP contribution in [0, 0.1) is 0 Å². The maximum absolute atomic E-state index is 11.5. The molecular weight excluding hydrogens is 226 g/mol. The monoisotopic (exact) mass is 245 g/mol. The molecule has 0 aromatic heterocycles. The normalized spacial score (nSPS) is 20.7. The summed E-state index contributed by atoms with van der Waals surface area (Å²) in [6, 6.07) is 0. The quantitative estimate of drug-likeness (QED) is 0.414. The average molecular weight is 245 g/mol. The minimum Gasteiger partial charge on any atom is -0.448 e. The molecule has 5 nitrogen and oxygen atoms in total. The van der Waals surface area contributed by atoms with E-state index in [0.29, 0.717) is 6.61 Å².